The number of carbonyl (C=O) groups excluding carboxylic acids is 1. The molecule has 4 nitrogen and oxygen atoms in total. The second kappa shape index (κ2) is 5.21. The lowest BCUT2D eigenvalue weighted by molar-refractivity contribution is -0.122. The summed E-state index contributed by atoms with van der Waals surface area (Å²) in [5, 5.41) is 6.50. The first-order valence-corrected chi connectivity index (χ1v) is 7.06. The Balaban J connectivity index is 1.55. The zero-order valence-corrected chi connectivity index (χ0v) is 11.4. The lowest BCUT2D eigenvalue weighted by Gasteiger charge is -2.30. The van der Waals surface area contributed by atoms with Crippen LogP contribution >= 0.6 is 0 Å². The smallest absolute Gasteiger partial charge is 0.243 e. The molecular weight excluding hydrogens is 238 g/mol. The third-order valence-electron chi connectivity index (χ3n) is 4.15. The average molecular weight is 259 g/mol. The molecule has 0 unspecified atom stereocenters. The summed E-state index contributed by atoms with van der Waals surface area (Å²) in [4.78, 5) is 14.6. The predicted molar refractivity (Wildman–Crippen MR) is 76.2 cm³/mol. The van der Waals surface area contributed by atoms with E-state index in [1.165, 1.54) is 5.56 Å². The monoisotopic (exact) mass is 259 g/mol. The number of hydrogen-bond acceptors (Lipinski definition) is 3. The van der Waals surface area contributed by atoms with Crippen LogP contribution in [0.5, 0.6) is 0 Å². The summed E-state index contributed by atoms with van der Waals surface area (Å²) >= 11 is 0. The van der Waals surface area contributed by atoms with Crippen LogP contribution in [0, 0.1) is 0 Å². The molecule has 2 heterocycles. The van der Waals surface area contributed by atoms with Crippen molar-refractivity contribution in [2.75, 3.05) is 25.5 Å². The SMILES string of the molecule is CN1CCC(NC(=O)[C@@H]2Cc3ccccc3N2)CC1. The van der Waals surface area contributed by atoms with Crippen LogP contribution in [0.2, 0.25) is 0 Å². The summed E-state index contributed by atoms with van der Waals surface area (Å²) in [5.41, 5.74) is 2.34. The van der Waals surface area contributed by atoms with Gasteiger partial charge in [-0.15, -0.1) is 0 Å². The zero-order chi connectivity index (χ0) is 13.2. The van der Waals surface area contributed by atoms with E-state index in [0.717, 1.165) is 38.0 Å². The molecule has 0 aromatic heterocycles. The maximum atomic E-state index is 12.3. The summed E-state index contributed by atoms with van der Waals surface area (Å²) < 4.78 is 0. The first-order valence-electron chi connectivity index (χ1n) is 7.06. The first kappa shape index (κ1) is 12.5. The first-order chi connectivity index (χ1) is 9.22. The number of amides is 1. The summed E-state index contributed by atoms with van der Waals surface area (Å²) in [6, 6.07) is 8.40. The Morgan fingerprint density at radius 3 is 2.79 bits per heavy atom. The molecule has 0 radical (unpaired) electrons. The Kier molecular flexibility index (Phi) is 3.42. The normalized spacial score (nSPS) is 23.7. The standard InChI is InChI=1S/C15H21N3O/c1-18-8-6-12(7-9-18)16-15(19)14-10-11-4-2-3-5-13(11)17-14/h2-5,12,14,17H,6-10H2,1H3,(H,16,19)/t14-/m0/s1. The average Bonchev–Trinajstić information content (AvgIpc) is 2.85. The number of carbonyl (C=O) groups is 1. The Morgan fingerprint density at radius 1 is 1.32 bits per heavy atom. The van der Waals surface area contributed by atoms with Crippen molar-refractivity contribution in [1.82, 2.24) is 10.2 Å². The van der Waals surface area contributed by atoms with Crippen LogP contribution in [0.3, 0.4) is 0 Å². The number of piperidine rings is 1. The minimum Gasteiger partial charge on any atom is -0.373 e. The molecule has 4 heteroatoms. The molecule has 1 aromatic rings. The lowest BCUT2D eigenvalue weighted by atomic mass is 10.0. The summed E-state index contributed by atoms with van der Waals surface area (Å²) in [7, 11) is 2.13. The van der Waals surface area contributed by atoms with E-state index in [2.05, 4.69) is 28.6 Å². The Hall–Kier alpha value is -1.55. The second-order valence-electron chi connectivity index (χ2n) is 5.64. The minimum atomic E-state index is -0.0999. The Morgan fingerprint density at radius 2 is 2.05 bits per heavy atom. The minimum absolute atomic E-state index is 0.0999. The second-order valence-corrected chi connectivity index (χ2v) is 5.64. The van der Waals surface area contributed by atoms with Crippen molar-refractivity contribution >= 4 is 11.6 Å². The van der Waals surface area contributed by atoms with E-state index in [-0.39, 0.29) is 11.9 Å². The molecule has 2 aliphatic heterocycles. The van der Waals surface area contributed by atoms with Gasteiger partial charge in [0.1, 0.15) is 6.04 Å². The fraction of sp³-hybridized carbons (Fsp3) is 0.533. The molecule has 1 saturated heterocycles. The number of rotatable bonds is 2. The molecule has 2 N–H and O–H groups in total. The van der Waals surface area contributed by atoms with Crippen molar-refractivity contribution in [2.24, 2.45) is 0 Å². The quantitative estimate of drug-likeness (QED) is 0.840. The highest BCUT2D eigenvalue weighted by molar-refractivity contribution is 5.87. The Bertz CT molecular complexity index is 441. The van der Waals surface area contributed by atoms with Crippen LogP contribution in [0.15, 0.2) is 24.3 Å². The van der Waals surface area contributed by atoms with Crippen molar-refractivity contribution in [1.29, 1.82) is 0 Å². The van der Waals surface area contributed by atoms with E-state index >= 15 is 0 Å². The van der Waals surface area contributed by atoms with Gasteiger partial charge >= 0.3 is 0 Å². The van der Waals surface area contributed by atoms with Crippen LogP contribution in [0.25, 0.3) is 0 Å². The van der Waals surface area contributed by atoms with Crippen molar-refractivity contribution in [2.45, 2.75) is 31.3 Å². The number of likely N-dealkylation sites (tertiary alicyclic amines) is 1. The van der Waals surface area contributed by atoms with E-state index in [0.29, 0.717) is 6.04 Å². The van der Waals surface area contributed by atoms with Gasteiger partial charge in [-0.1, -0.05) is 18.2 Å². The van der Waals surface area contributed by atoms with E-state index in [1.807, 2.05) is 18.2 Å². The van der Waals surface area contributed by atoms with Gasteiger partial charge in [0.05, 0.1) is 0 Å². The highest BCUT2D eigenvalue weighted by atomic mass is 16.2. The van der Waals surface area contributed by atoms with Gasteiger partial charge in [-0.2, -0.15) is 0 Å². The summed E-state index contributed by atoms with van der Waals surface area (Å²) in [6.45, 7) is 2.15. The van der Waals surface area contributed by atoms with E-state index in [1.54, 1.807) is 0 Å². The molecule has 2 aliphatic rings. The largest absolute Gasteiger partial charge is 0.373 e. The molecule has 3 rings (SSSR count). The predicted octanol–water partition coefficient (Wildman–Crippen LogP) is 1.23. The number of fused-ring (bicyclic) bond motifs is 1. The van der Waals surface area contributed by atoms with Crippen LogP contribution in [0.1, 0.15) is 18.4 Å². The highest BCUT2D eigenvalue weighted by Crippen LogP contribution is 2.25. The topological polar surface area (TPSA) is 44.4 Å². The molecule has 0 aliphatic carbocycles. The van der Waals surface area contributed by atoms with Crippen molar-refractivity contribution in [3.05, 3.63) is 29.8 Å². The van der Waals surface area contributed by atoms with Gasteiger partial charge in [-0.3, -0.25) is 4.79 Å². The molecule has 1 aromatic carbocycles. The van der Waals surface area contributed by atoms with E-state index in [9.17, 15) is 4.79 Å². The lowest BCUT2D eigenvalue weighted by Crippen LogP contribution is -2.48. The van der Waals surface area contributed by atoms with Gasteiger partial charge in [0.25, 0.3) is 0 Å². The molecular formula is C15H21N3O. The third-order valence-corrected chi connectivity index (χ3v) is 4.15. The van der Waals surface area contributed by atoms with Gasteiger partial charge < -0.3 is 15.5 Å². The molecule has 0 spiro atoms. The molecule has 1 atom stereocenters. The third kappa shape index (κ3) is 2.73. The highest BCUT2D eigenvalue weighted by Gasteiger charge is 2.28. The Labute approximate surface area is 114 Å². The van der Waals surface area contributed by atoms with Gasteiger partial charge in [-0.25, -0.2) is 0 Å². The summed E-state index contributed by atoms with van der Waals surface area (Å²) in [6.07, 6.45) is 2.92. The molecule has 1 amide bonds. The molecule has 102 valence electrons. The number of hydrogen-bond donors (Lipinski definition) is 2. The van der Waals surface area contributed by atoms with Gasteiger partial charge in [0.2, 0.25) is 5.91 Å². The van der Waals surface area contributed by atoms with Gasteiger partial charge in [0, 0.05) is 18.2 Å². The fourth-order valence-electron chi connectivity index (χ4n) is 2.91. The van der Waals surface area contributed by atoms with Crippen molar-refractivity contribution in [3.8, 4) is 0 Å². The number of nitrogens with one attached hydrogen (secondary N) is 2. The number of nitrogens with zero attached hydrogens (tertiary/aromatic N) is 1. The number of benzene rings is 1. The zero-order valence-electron chi connectivity index (χ0n) is 11.4. The molecule has 0 bridgehead atoms. The fourth-order valence-corrected chi connectivity index (χ4v) is 2.91. The number of anilines is 1. The molecule has 19 heavy (non-hydrogen) atoms. The van der Waals surface area contributed by atoms with Crippen LogP contribution < -0.4 is 10.6 Å². The van der Waals surface area contributed by atoms with Crippen LogP contribution in [-0.4, -0.2) is 43.0 Å². The van der Waals surface area contributed by atoms with E-state index < -0.39 is 0 Å². The van der Waals surface area contributed by atoms with Crippen molar-refractivity contribution in [3.63, 3.8) is 0 Å². The molecule has 0 saturated carbocycles. The maximum Gasteiger partial charge on any atom is 0.243 e. The van der Waals surface area contributed by atoms with Crippen LogP contribution in [0.4, 0.5) is 5.69 Å². The van der Waals surface area contributed by atoms with Crippen LogP contribution in [-0.2, 0) is 11.2 Å². The maximum absolute atomic E-state index is 12.3. The van der Waals surface area contributed by atoms with Gasteiger partial charge in [0.15, 0.2) is 0 Å². The van der Waals surface area contributed by atoms with Crippen molar-refractivity contribution < 1.29 is 4.79 Å². The molecule has 1 fully saturated rings. The number of para-hydroxylation sites is 1. The van der Waals surface area contributed by atoms with Gasteiger partial charge in [-0.05, 0) is 44.6 Å². The summed E-state index contributed by atoms with van der Waals surface area (Å²) in [5.74, 6) is 0.144. The van der Waals surface area contributed by atoms with E-state index in [4.69, 9.17) is 0 Å².